The summed E-state index contributed by atoms with van der Waals surface area (Å²) in [5.74, 6) is 0.662. The molecule has 5 heteroatoms. The van der Waals surface area contributed by atoms with Crippen LogP contribution in [0.2, 0.25) is 0 Å². The number of ether oxygens (including phenoxy) is 1. The Hall–Kier alpha value is -2.40. The van der Waals surface area contributed by atoms with E-state index >= 15 is 0 Å². The molecule has 1 aromatic heterocycles. The van der Waals surface area contributed by atoms with Crippen molar-refractivity contribution < 1.29 is 9.53 Å². The lowest BCUT2D eigenvalue weighted by molar-refractivity contribution is 0.102. The van der Waals surface area contributed by atoms with Crippen molar-refractivity contribution in [3.8, 4) is 5.75 Å². The van der Waals surface area contributed by atoms with Gasteiger partial charge in [-0.1, -0.05) is 13.3 Å². The largest absolute Gasteiger partial charge is 0.494 e. The van der Waals surface area contributed by atoms with Gasteiger partial charge in [0.15, 0.2) is 0 Å². The highest BCUT2D eigenvalue weighted by molar-refractivity contribution is 7.16. The number of hydrogen-bond donors (Lipinski definition) is 1. The molecule has 0 fully saturated rings. The number of carbonyl (C=O) groups excluding carboxylic acids is 1. The van der Waals surface area contributed by atoms with Crippen LogP contribution in [0.5, 0.6) is 5.75 Å². The quantitative estimate of drug-likeness (QED) is 0.666. The molecule has 0 saturated carbocycles. The normalized spacial score (nSPS) is 10.7. The number of hydrogen-bond acceptors (Lipinski definition) is 4. The monoisotopic (exact) mass is 326 g/mol. The lowest BCUT2D eigenvalue weighted by Gasteiger charge is -2.07. The van der Waals surface area contributed by atoms with Crippen LogP contribution in [-0.4, -0.2) is 17.5 Å². The van der Waals surface area contributed by atoms with Crippen LogP contribution in [0, 0.1) is 0 Å². The fourth-order valence-corrected chi connectivity index (χ4v) is 2.89. The van der Waals surface area contributed by atoms with Gasteiger partial charge in [0, 0.05) is 11.3 Å². The molecule has 0 aliphatic rings. The van der Waals surface area contributed by atoms with E-state index in [1.807, 2.05) is 30.3 Å². The van der Waals surface area contributed by atoms with Crippen molar-refractivity contribution >= 4 is 33.1 Å². The van der Waals surface area contributed by atoms with E-state index in [4.69, 9.17) is 4.74 Å². The van der Waals surface area contributed by atoms with Gasteiger partial charge >= 0.3 is 0 Å². The number of nitrogens with zero attached hydrogens (tertiary/aromatic N) is 1. The number of amides is 1. The van der Waals surface area contributed by atoms with Gasteiger partial charge in [0.25, 0.3) is 5.91 Å². The molecule has 0 aliphatic carbocycles. The van der Waals surface area contributed by atoms with Gasteiger partial charge in [-0.2, -0.15) is 0 Å². The molecule has 0 bridgehead atoms. The zero-order chi connectivity index (χ0) is 16.1. The summed E-state index contributed by atoms with van der Waals surface area (Å²) in [5, 5.41) is 2.91. The number of unbranched alkanes of at least 4 members (excludes halogenated alkanes) is 1. The predicted octanol–water partition coefficient (Wildman–Crippen LogP) is 4.73. The average Bonchev–Trinajstić information content (AvgIpc) is 3.03. The maximum absolute atomic E-state index is 12.3. The first-order valence-corrected chi connectivity index (χ1v) is 8.51. The minimum Gasteiger partial charge on any atom is -0.494 e. The molecule has 1 heterocycles. The number of fused-ring (bicyclic) bond motifs is 1. The molecule has 0 saturated heterocycles. The molecule has 0 unspecified atom stereocenters. The molecule has 23 heavy (non-hydrogen) atoms. The topological polar surface area (TPSA) is 51.2 Å². The van der Waals surface area contributed by atoms with Crippen LogP contribution in [0.15, 0.2) is 48.0 Å². The van der Waals surface area contributed by atoms with Gasteiger partial charge in [0.2, 0.25) is 0 Å². The SMILES string of the molecule is CCCCOc1ccc(C(=O)Nc2ccc3ncsc3c2)cc1. The smallest absolute Gasteiger partial charge is 0.255 e. The van der Waals surface area contributed by atoms with E-state index in [1.54, 1.807) is 29.0 Å². The van der Waals surface area contributed by atoms with Gasteiger partial charge in [-0.05, 0) is 48.9 Å². The summed E-state index contributed by atoms with van der Waals surface area (Å²) in [6.45, 7) is 2.83. The van der Waals surface area contributed by atoms with Crippen molar-refractivity contribution in [3.05, 3.63) is 53.5 Å². The van der Waals surface area contributed by atoms with Crippen LogP contribution in [0.25, 0.3) is 10.2 Å². The van der Waals surface area contributed by atoms with Crippen molar-refractivity contribution in [3.63, 3.8) is 0 Å². The van der Waals surface area contributed by atoms with E-state index < -0.39 is 0 Å². The number of nitrogens with one attached hydrogen (secondary N) is 1. The molecule has 4 nitrogen and oxygen atoms in total. The van der Waals surface area contributed by atoms with E-state index in [1.165, 1.54) is 0 Å². The standard InChI is InChI=1S/C18H18N2O2S/c1-2-3-10-22-15-7-4-13(5-8-15)18(21)20-14-6-9-16-17(11-14)23-12-19-16/h4-9,11-12H,2-3,10H2,1H3,(H,20,21). The van der Waals surface area contributed by atoms with Crippen molar-refractivity contribution in [2.75, 3.05) is 11.9 Å². The Balaban J connectivity index is 1.65. The Morgan fingerprint density at radius 1 is 1.22 bits per heavy atom. The van der Waals surface area contributed by atoms with Crippen LogP contribution < -0.4 is 10.1 Å². The molecule has 3 rings (SSSR count). The molecule has 118 valence electrons. The Kier molecular flexibility index (Phi) is 4.88. The molecule has 0 spiro atoms. The first kappa shape index (κ1) is 15.5. The van der Waals surface area contributed by atoms with E-state index in [9.17, 15) is 4.79 Å². The van der Waals surface area contributed by atoms with Crippen LogP contribution >= 0.6 is 11.3 Å². The fourth-order valence-electron chi connectivity index (χ4n) is 2.17. The molecule has 1 amide bonds. The Bertz CT molecular complexity index is 796. The van der Waals surface area contributed by atoms with E-state index in [0.717, 1.165) is 34.5 Å². The zero-order valence-electron chi connectivity index (χ0n) is 12.9. The Morgan fingerprint density at radius 2 is 2.04 bits per heavy atom. The van der Waals surface area contributed by atoms with Gasteiger partial charge in [0.05, 0.1) is 22.3 Å². The molecule has 1 N–H and O–H groups in total. The number of anilines is 1. The average molecular weight is 326 g/mol. The maximum atomic E-state index is 12.3. The lowest BCUT2D eigenvalue weighted by Crippen LogP contribution is -2.11. The van der Waals surface area contributed by atoms with Crippen molar-refractivity contribution in [2.45, 2.75) is 19.8 Å². The number of carbonyl (C=O) groups is 1. The molecular formula is C18H18N2O2S. The third-order valence-corrected chi connectivity index (χ3v) is 4.26. The second-order valence-electron chi connectivity index (χ2n) is 5.22. The van der Waals surface area contributed by atoms with Crippen LogP contribution in [0.4, 0.5) is 5.69 Å². The van der Waals surface area contributed by atoms with Gasteiger partial charge in [-0.3, -0.25) is 4.79 Å². The van der Waals surface area contributed by atoms with Gasteiger partial charge in [0.1, 0.15) is 5.75 Å². The predicted molar refractivity (Wildman–Crippen MR) is 94.4 cm³/mol. The van der Waals surface area contributed by atoms with E-state index in [-0.39, 0.29) is 5.91 Å². The summed E-state index contributed by atoms with van der Waals surface area (Å²) in [5.41, 5.74) is 4.13. The molecule has 0 aliphatic heterocycles. The summed E-state index contributed by atoms with van der Waals surface area (Å²) in [6, 6.07) is 12.9. The second-order valence-corrected chi connectivity index (χ2v) is 6.10. The Morgan fingerprint density at radius 3 is 2.83 bits per heavy atom. The van der Waals surface area contributed by atoms with Gasteiger partial charge in [-0.25, -0.2) is 4.98 Å². The zero-order valence-corrected chi connectivity index (χ0v) is 13.7. The van der Waals surface area contributed by atoms with Crippen LogP contribution in [-0.2, 0) is 0 Å². The minimum absolute atomic E-state index is 0.131. The number of aromatic nitrogens is 1. The van der Waals surface area contributed by atoms with Crippen molar-refractivity contribution in [2.24, 2.45) is 0 Å². The highest BCUT2D eigenvalue weighted by Crippen LogP contribution is 2.22. The number of benzene rings is 2. The van der Waals surface area contributed by atoms with Crippen LogP contribution in [0.1, 0.15) is 30.1 Å². The summed E-state index contributed by atoms with van der Waals surface area (Å²) in [6.07, 6.45) is 2.13. The van der Waals surface area contributed by atoms with E-state index in [2.05, 4.69) is 17.2 Å². The van der Waals surface area contributed by atoms with Gasteiger partial charge < -0.3 is 10.1 Å². The minimum atomic E-state index is -0.131. The molecular weight excluding hydrogens is 308 g/mol. The summed E-state index contributed by atoms with van der Waals surface area (Å²) in [7, 11) is 0. The summed E-state index contributed by atoms with van der Waals surface area (Å²) in [4.78, 5) is 16.5. The first-order valence-electron chi connectivity index (χ1n) is 7.64. The van der Waals surface area contributed by atoms with Gasteiger partial charge in [-0.15, -0.1) is 11.3 Å². The lowest BCUT2D eigenvalue weighted by atomic mass is 10.2. The van der Waals surface area contributed by atoms with Crippen molar-refractivity contribution in [1.29, 1.82) is 0 Å². The third-order valence-electron chi connectivity index (χ3n) is 3.47. The molecule has 2 aromatic carbocycles. The Labute approximate surface area is 139 Å². The second kappa shape index (κ2) is 7.24. The molecule has 0 atom stereocenters. The maximum Gasteiger partial charge on any atom is 0.255 e. The number of thiazole rings is 1. The van der Waals surface area contributed by atoms with Crippen LogP contribution in [0.3, 0.4) is 0 Å². The summed E-state index contributed by atoms with van der Waals surface area (Å²) < 4.78 is 6.66. The first-order chi connectivity index (χ1) is 11.3. The highest BCUT2D eigenvalue weighted by atomic mass is 32.1. The molecule has 3 aromatic rings. The van der Waals surface area contributed by atoms with E-state index in [0.29, 0.717) is 12.2 Å². The highest BCUT2D eigenvalue weighted by Gasteiger charge is 2.07. The van der Waals surface area contributed by atoms with Crippen molar-refractivity contribution in [1.82, 2.24) is 4.98 Å². The fraction of sp³-hybridized carbons (Fsp3) is 0.222. The number of rotatable bonds is 6. The third kappa shape index (κ3) is 3.87. The summed E-state index contributed by atoms with van der Waals surface area (Å²) >= 11 is 1.56. The molecule has 0 radical (unpaired) electrons.